The highest BCUT2D eigenvalue weighted by atomic mass is 32.2. The number of nitrogens with one attached hydrogen (secondary N) is 1. The minimum absolute atomic E-state index is 0.257. The van der Waals surface area contributed by atoms with E-state index in [9.17, 15) is 10.1 Å². The fraction of sp³-hybridized carbons (Fsp3) is 0.0476. The molecule has 6 heteroatoms. The van der Waals surface area contributed by atoms with Gasteiger partial charge in [-0.15, -0.1) is 11.3 Å². The molecule has 0 aliphatic heterocycles. The van der Waals surface area contributed by atoms with Gasteiger partial charge in [-0.05, 0) is 42.6 Å². The zero-order valence-corrected chi connectivity index (χ0v) is 17.0. The second-order valence-electron chi connectivity index (χ2n) is 5.54. The van der Waals surface area contributed by atoms with Crippen LogP contribution in [0.15, 0.2) is 91.8 Å². The first-order valence-electron chi connectivity index (χ1n) is 8.12. The van der Waals surface area contributed by atoms with Crippen LogP contribution in [0.4, 0.5) is 0 Å². The summed E-state index contributed by atoms with van der Waals surface area (Å²) in [6, 6.07) is 23.6. The van der Waals surface area contributed by atoms with Crippen molar-refractivity contribution in [2.24, 2.45) is 0 Å². The first-order valence-corrected chi connectivity index (χ1v) is 10.6. The van der Waals surface area contributed by atoms with E-state index in [-0.39, 0.29) is 11.6 Å². The summed E-state index contributed by atoms with van der Waals surface area (Å²) in [7, 11) is 0. The average molecular weight is 409 g/mol. The van der Waals surface area contributed by atoms with Crippen molar-refractivity contribution < 1.29 is 4.79 Å². The molecule has 0 spiro atoms. The molecule has 0 fully saturated rings. The molecule has 27 heavy (non-hydrogen) atoms. The Hall–Kier alpha value is -2.46. The minimum atomic E-state index is -0.266. The van der Waals surface area contributed by atoms with Crippen molar-refractivity contribution in [3.8, 4) is 6.07 Å². The summed E-state index contributed by atoms with van der Waals surface area (Å²) in [6.45, 7) is 2.03. The molecule has 0 radical (unpaired) electrons. The van der Waals surface area contributed by atoms with Crippen LogP contribution >= 0.6 is 34.9 Å². The molecular formula is C21H16N2OS3. The predicted molar refractivity (Wildman–Crippen MR) is 114 cm³/mol. The molecule has 134 valence electrons. The van der Waals surface area contributed by atoms with Crippen molar-refractivity contribution in [3.05, 3.63) is 92.5 Å². The number of allylic oxidation sites excluding steroid dienone is 1. The second kappa shape index (κ2) is 9.47. The van der Waals surface area contributed by atoms with Crippen LogP contribution < -0.4 is 5.32 Å². The summed E-state index contributed by atoms with van der Waals surface area (Å²) in [5, 5.41) is 14.3. The number of benzene rings is 2. The van der Waals surface area contributed by atoms with Crippen LogP contribution in [0.1, 0.15) is 15.2 Å². The van der Waals surface area contributed by atoms with E-state index in [1.807, 2.05) is 73.0 Å². The lowest BCUT2D eigenvalue weighted by atomic mass is 10.2. The van der Waals surface area contributed by atoms with Gasteiger partial charge in [0, 0.05) is 9.79 Å². The third-order valence-corrected chi connectivity index (χ3v) is 6.65. The Bertz CT molecular complexity index is 973. The summed E-state index contributed by atoms with van der Waals surface area (Å²) in [5.74, 6) is -0.266. The standard InChI is InChI=1S/C21H16N2OS3/c1-15-9-11-17(12-10-15)27-21(26-16-6-3-2-4-7-16)18(14-22)23-20(24)19-8-5-13-25-19/h2-13H,1H3,(H,23,24). The molecule has 0 unspecified atom stereocenters. The monoisotopic (exact) mass is 408 g/mol. The number of nitriles is 1. The van der Waals surface area contributed by atoms with Crippen LogP contribution in [0.3, 0.4) is 0 Å². The van der Waals surface area contributed by atoms with E-state index in [1.165, 1.54) is 40.4 Å². The summed E-state index contributed by atoms with van der Waals surface area (Å²) in [6.07, 6.45) is 0. The maximum atomic E-state index is 12.4. The highest BCUT2D eigenvalue weighted by Gasteiger charge is 2.15. The molecule has 0 saturated carbocycles. The number of rotatable bonds is 6. The number of nitrogens with zero attached hydrogens (tertiary/aromatic N) is 1. The number of hydrogen-bond donors (Lipinski definition) is 1. The molecule has 3 rings (SSSR count). The van der Waals surface area contributed by atoms with Crippen LogP contribution in [0.2, 0.25) is 0 Å². The van der Waals surface area contributed by atoms with E-state index in [0.29, 0.717) is 4.88 Å². The van der Waals surface area contributed by atoms with E-state index in [0.717, 1.165) is 14.0 Å². The van der Waals surface area contributed by atoms with Gasteiger partial charge in [-0.2, -0.15) is 5.26 Å². The van der Waals surface area contributed by atoms with E-state index < -0.39 is 0 Å². The Morgan fingerprint density at radius 1 is 0.963 bits per heavy atom. The third-order valence-electron chi connectivity index (χ3n) is 3.48. The van der Waals surface area contributed by atoms with Gasteiger partial charge in [0.2, 0.25) is 0 Å². The fourth-order valence-corrected chi connectivity index (χ4v) is 4.89. The van der Waals surface area contributed by atoms with Gasteiger partial charge in [-0.25, -0.2) is 0 Å². The smallest absolute Gasteiger partial charge is 0.266 e. The molecule has 2 aromatic carbocycles. The fourth-order valence-electron chi connectivity index (χ4n) is 2.14. The molecule has 0 saturated heterocycles. The molecule has 1 heterocycles. The topological polar surface area (TPSA) is 52.9 Å². The first-order chi connectivity index (χ1) is 13.2. The van der Waals surface area contributed by atoms with Gasteiger partial charge in [0.05, 0.1) is 9.11 Å². The quantitative estimate of drug-likeness (QED) is 0.398. The highest BCUT2D eigenvalue weighted by Crippen LogP contribution is 2.40. The van der Waals surface area contributed by atoms with Gasteiger partial charge in [0.15, 0.2) is 0 Å². The Balaban J connectivity index is 1.92. The first kappa shape index (κ1) is 19.3. The van der Waals surface area contributed by atoms with Crippen molar-refractivity contribution in [2.75, 3.05) is 0 Å². The number of carbonyl (C=O) groups excluding carboxylic acids is 1. The Morgan fingerprint density at radius 3 is 2.22 bits per heavy atom. The van der Waals surface area contributed by atoms with E-state index >= 15 is 0 Å². The molecular weight excluding hydrogens is 392 g/mol. The Kier molecular flexibility index (Phi) is 6.77. The lowest BCUT2D eigenvalue weighted by molar-refractivity contribution is 0.0971. The predicted octanol–water partition coefficient (Wildman–Crippen LogP) is 6.06. The van der Waals surface area contributed by atoms with Gasteiger partial charge in [0.25, 0.3) is 5.91 Å². The van der Waals surface area contributed by atoms with Crippen molar-refractivity contribution in [1.29, 1.82) is 5.26 Å². The molecule has 0 atom stereocenters. The van der Waals surface area contributed by atoms with E-state index in [4.69, 9.17) is 0 Å². The van der Waals surface area contributed by atoms with Gasteiger partial charge in [-0.3, -0.25) is 4.79 Å². The minimum Gasteiger partial charge on any atom is -0.311 e. The number of thioether (sulfide) groups is 2. The molecule has 3 nitrogen and oxygen atoms in total. The summed E-state index contributed by atoms with van der Waals surface area (Å²) < 4.78 is 0.734. The largest absolute Gasteiger partial charge is 0.311 e. The van der Waals surface area contributed by atoms with Crippen molar-refractivity contribution in [2.45, 2.75) is 16.7 Å². The van der Waals surface area contributed by atoms with Crippen LogP contribution in [0.25, 0.3) is 0 Å². The van der Waals surface area contributed by atoms with Crippen molar-refractivity contribution >= 4 is 40.8 Å². The third kappa shape index (κ3) is 5.51. The zero-order chi connectivity index (χ0) is 19.1. The summed E-state index contributed by atoms with van der Waals surface area (Å²) in [5.41, 5.74) is 1.43. The Morgan fingerprint density at radius 2 is 1.63 bits per heavy atom. The van der Waals surface area contributed by atoms with Crippen LogP contribution in [-0.4, -0.2) is 5.91 Å². The van der Waals surface area contributed by atoms with Gasteiger partial charge < -0.3 is 5.32 Å². The number of carbonyl (C=O) groups is 1. The molecule has 1 N–H and O–H groups in total. The lowest BCUT2D eigenvalue weighted by Gasteiger charge is -2.11. The molecule has 3 aromatic rings. The molecule has 0 aliphatic carbocycles. The molecule has 1 amide bonds. The van der Waals surface area contributed by atoms with Crippen LogP contribution in [0.5, 0.6) is 0 Å². The number of aryl methyl sites for hydroxylation is 1. The average Bonchev–Trinajstić information content (AvgIpc) is 3.23. The SMILES string of the molecule is Cc1ccc(SC(Sc2ccccc2)=C(C#N)NC(=O)c2cccs2)cc1. The molecule has 0 aliphatic rings. The van der Waals surface area contributed by atoms with Gasteiger partial charge >= 0.3 is 0 Å². The maximum Gasteiger partial charge on any atom is 0.266 e. The lowest BCUT2D eigenvalue weighted by Crippen LogP contribution is -2.21. The normalized spacial score (nSPS) is 11.4. The second-order valence-corrected chi connectivity index (χ2v) is 8.91. The van der Waals surface area contributed by atoms with Crippen molar-refractivity contribution in [3.63, 3.8) is 0 Å². The zero-order valence-electron chi connectivity index (χ0n) is 14.5. The number of amides is 1. The van der Waals surface area contributed by atoms with E-state index in [2.05, 4.69) is 11.4 Å². The maximum absolute atomic E-state index is 12.4. The highest BCUT2D eigenvalue weighted by molar-refractivity contribution is 8.22. The number of thiophene rings is 1. The van der Waals surface area contributed by atoms with Crippen LogP contribution in [0, 0.1) is 18.3 Å². The number of hydrogen-bond acceptors (Lipinski definition) is 5. The van der Waals surface area contributed by atoms with Gasteiger partial charge in [-0.1, -0.05) is 65.5 Å². The van der Waals surface area contributed by atoms with Gasteiger partial charge in [0.1, 0.15) is 11.8 Å². The molecule has 0 bridgehead atoms. The van der Waals surface area contributed by atoms with E-state index in [1.54, 1.807) is 6.07 Å². The van der Waals surface area contributed by atoms with Crippen LogP contribution in [-0.2, 0) is 0 Å². The summed E-state index contributed by atoms with van der Waals surface area (Å²) in [4.78, 5) is 15.0. The van der Waals surface area contributed by atoms with Crippen molar-refractivity contribution in [1.82, 2.24) is 5.32 Å². The molecule has 1 aromatic heterocycles. The summed E-state index contributed by atoms with van der Waals surface area (Å²) >= 11 is 4.29. The Labute approximate surface area is 171 Å².